The van der Waals surface area contributed by atoms with Crippen LogP contribution in [0.3, 0.4) is 0 Å². The zero-order chi connectivity index (χ0) is 38.8. The first-order chi connectivity index (χ1) is 26.2. The molecule has 0 bridgehead atoms. The molecular formula is C52H43F3. The zero-order valence-corrected chi connectivity index (χ0v) is 32.4. The average molecular weight is 725 g/mol. The molecule has 0 atom stereocenters. The van der Waals surface area contributed by atoms with Crippen molar-refractivity contribution in [1.29, 1.82) is 0 Å². The lowest BCUT2D eigenvalue weighted by Gasteiger charge is -2.24. The highest BCUT2D eigenvalue weighted by molar-refractivity contribution is 5.92. The van der Waals surface area contributed by atoms with Gasteiger partial charge in [0.15, 0.2) is 0 Å². The van der Waals surface area contributed by atoms with Gasteiger partial charge in [0.1, 0.15) is 17.5 Å². The van der Waals surface area contributed by atoms with Crippen molar-refractivity contribution in [3.63, 3.8) is 0 Å². The van der Waals surface area contributed by atoms with Gasteiger partial charge in [-0.25, -0.2) is 13.2 Å². The molecule has 0 heterocycles. The van der Waals surface area contributed by atoms with Crippen molar-refractivity contribution < 1.29 is 13.2 Å². The molecule has 272 valence electrons. The maximum absolute atomic E-state index is 17.6. The molecule has 0 unspecified atom stereocenters. The highest BCUT2D eigenvalue weighted by atomic mass is 19.1. The fourth-order valence-corrected chi connectivity index (χ4v) is 9.93. The fraction of sp³-hybridized carbons (Fsp3) is 0.192. The van der Waals surface area contributed by atoms with Crippen LogP contribution >= 0.6 is 0 Å². The number of hydrogen-bond donors (Lipinski definition) is 0. The molecule has 9 rings (SSSR count). The maximum atomic E-state index is 17.6. The second-order valence-corrected chi connectivity index (χ2v) is 16.8. The molecule has 0 saturated heterocycles. The summed E-state index contributed by atoms with van der Waals surface area (Å²) in [4.78, 5) is 0. The number of hydrogen-bond acceptors (Lipinski definition) is 0. The Kier molecular flexibility index (Phi) is 7.59. The molecule has 6 aromatic rings. The highest BCUT2D eigenvalue weighted by Crippen LogP contribution is 2.54. The van der Waals surface area contributed by atoms with E-state index in [-0.39, 0.29) is 16.7 Å². The topological polar surface area (TPSA) is 0 Å². The lowest BCUT2D eigenvalue weighted by molar-refractivity contribution is 0.557. The van der Waals surface area contributed by atoms with Gasteiger partial charge in [-0.1, -0.05) is 151 Å². The Bertz CT molecular complexity index is 2600. The van der Waals surface area contributed by atoms with Crippen LogP contribution in [-0.2, 0) is 16.2 Å². The summed E-state index contributed by atoms with van der Waals surface area (Å²) in [5.41, 5.74) is 11.7. The van der Waals surface area contributed by atoms with Gasteiger partial charge in [-0.2, -0.15) is 0 Å². The summed E-state index contributed by atoms with van der Waals surface area (Å²) < 4.78 is 52.7. The number of rotatable bonds is 5. The monoisotopic (exact) mass is 724 g/mol. The van der Waals surface area contributed by atoms with Crippen molar-refractivity contribution in [1.82, 2.24) is 0 Å². The van der Waals surface area contributed by atoms with E-state index in [2.05, 4.69) is 78.5 Å². The van der Waals surface area contributed by atoms with Crippen LogP contribution in [0, 0.1) is 17.5 Å². The van der Waals surface area contributed by atoms with Crippen LogP contribution in [-0.4, -0.2) is 0 Å². The van der Waals surface area contributed by atoms with Crippen molar-refractivity contribution in [2.75, 3.05) is 0 Å². The van der Waals surface area contributed by atoms with E-state index in [1.54, 1.807) is 18.2 Å². The third-order valence-electron chi connectivity index (χ3n) is 12.8. The molecule has 3 heteroatoms. The molecule has 0 aromatic heterocycles. The summed E-state index contributed by atoms with van der Waals surface area (Å²) in [6.07, 6.45) is 5.91. The minimum atomic E-state index is -0.915. The third kappa shape index (κ3) is 4.72. The number of allylic oxidation sites excluding steroid dienone is 5. The van der Waals surface area contributed by atoms with Gasteiger partial charge >= 0.3 is 0 Å². The Labute approximate surface area is 322 Å². The molecule has 6 aromatic carbocycles. The first-order valence-electron chi connectivity index (χ1n) is 19.1. The molecule has 3 aliphatic carbocycles. The van der Waals surface area contributed by atoms with Crippen LogP contribution in [0.2, 0.25) is 0 Å². The minimum absolute atomic E-state index is 0.233. The standard InChI is InChI=1S/C52H43F3/c1-9-15-32-35-23-20-29(26-41(35)50(3,4)38(32)10-2)44-47(53)45(30-21-24-36-33-16-11-13-18-39(33)51(5,6)42(36)27-30)49(55)46(48(44)54)31-22-25-37-34-17-12-14-19-40(34)52(7,8)43(37)28-31/h9-28H,2H2,1,3-8H3/b15-9-. The molecule has 0 spiro atoms. The maximum Gasteiger partial charge on any atom is 0.144 e. The van der Waals surface area contributed by atoms with Crippen LogP contribution in [0.4, 0.5) is 13.2 Å². The van der Waals surface area contributed by atoms with Crippen molar-refractivity contribution in [3.05, 3.63) is 184 Å². The molecular weight excluding hydrogens is 682 g/mol. The van der Waals surface area contributed by atoms with Crippen LogP contribution in [0.25, 0.3) is 61.2 Å². The lowest BCUT2D eigenvalue weighted by Crippen LogP contribution is -2.16. The first-order valence-corrected chi connectivity index (χ1v) is 19.1. The molecule has 3 aliphatic rings. The van der Waals surface area contributed by atoms with Crippen molar-refractivity contribution >= 4 is 5.57 Å². The lowest BCUT2D eigenvalue weighted by atomic mass is 9.79. The van der Waals surface area contributed by atoms with Gasteiger partial charge in [0, 0.05) is 16.2 Å². The second-order valence-electron chi connectivity index (χ2n) is 16.8. The zero-order valence-electron chi connectivity index (χ0n) is 32.4. The molecule has 0 aliphatic heterocycles. The van der Waals surface area contributed by atoms with Crippen LogP contribution in [0.15, 0.2) is 134 Å². The number of halogens is 3. The predicted molar refractivity (Wildman–Crippen MR) is 223 cm³/mol. The molecule has 0 amide bonds. The van der Waals surface area contributed by atoms with E-state index in [0.29, 0.717) is 16.7 Å². The van der Waals surface area contributed by atoms with E-state index in [1.165, 1.54) is 0 Å². The Hall–Kier alpha value is -5.67. The molecule has 0 nitrogen and oxygen atoms in total. The highest BCUT2D eigenvalue weighted by Gasteiger charge is 2.40. The summed E-state index contributed by atoms with van der Waals surface area (Å²) in [6, 6.07) is 33.3. The molecule has 0 saturated carbocycles. The Morgan fingerprint density at radius 2 is 0.818 bits per heavy atom. The smallest absolute Gasteiger partial charge is 0.144 e. The number of benzene rings is 6. The molecule has 0 fully saturated rings. The Morgan fingerprint density at radius 1 is 0.455 bits per heavy atom. The van der Waals surface area contributed by atoms with Gasteiger partial charge in [0.05, 0.1) is 16.7 Å². The molecule has 55 heavy (non-hydrogen) atoms. The normalized spacial score (nSPS) is 16.5. The molecule has 0 radical (unpaired) electrons. The van der Waals surface area contributed by atoms with Gasteiger partial charge < -0.3 is 0 Å². The van der Waals surface area contributed by atoms with Gasteiger partial charge in [0.25, 0.3) is 0 Å². The Balaban J connectivity index is 1.31. The van der Waals surface area contributed by atoms with Crippen molar-refractivity contribution in [2.24, 2.45) is 0 Å². The minimum Gasteiger partial charge on any atom is -0.205 e. The van der Waals surface area contributed by atoms with Gasteiger partial charge in [0.2, 0.25) is 0 Å². The first kappa shape index (κ1) is 35.1. The van der Waals surface area contributed by atoms with E-state index < -0.39 is 33.7 Å². The summed E-state index contributed by atoms with van der Waals surface area (Å²) >= 11 is 0. The summed E-state index contributed by atoms with van der Waals surface area (Å²) in [6.45, 7) is 18.8. The summed E-state index contributed by atoms with van der Waals surface area (Å²) in [5, 5.41) is 0. The van der Waals surface area contributed by atoms with E-state index in [1.807, 2.05) is 79.7 Å². The SMILES string of the molecule is C=CC1=C(/C=C\C)c2ccc(-c3c(F)c(-c4ccc5c(c4)C(C)(C)c4ccccc4-5)c(F)c(-c4ccc5c(c4)C(C)(C)c4ccccc4-5)c3F)cc2C1(C)C. The van der Waals surface area contributed by atoms with E-state index in [4.69, 9.17) is 0 Å². The van der Waals surface area contributed by atoms with Gasteiger partial charge in [-0.15, -0.1) is 0 Å². The average Bonchev–Trinajstić information content (AvgIpc) is 3.63. The van der Waals surface area contributed by atoms with E-state index in [0.717, 1.165) is 66.8 Å². The van der Waals surface area contributed by atoms with Gasteiger partial charge in [-0.05, 0) is 109 Å². The van der Waals surface area contributed by atoms with Gasteiger partial charge in [-0.3, -0.25) is 0 Å². The van der Waals surface area contributed by atoms with Crippen LogP contribution in [0.5, 0.6) is 0 Å². The molecule has 0 N–H and O–H groups in total. The quantitative estimate of drug-likeness (QED) is 0.166. The predicted octanol–water partition coefficient (Wildman–Crippen LogP) is 14.5. The van der Waals surface area contributed by atoms with E-state index >= 15 is 13.2 Å². The third-order valence-corrected chi connectivity index (χ3v) is 12.8. The fourth-order valence-electron chi connectivity index (χ4n) is 9.93. The number of fused-ring (bicyclic) bond motifs is 7. The summed E-state index contributed by atoms with van der Waals surface area (Å²) in [5.74, 6) is -2.74. The van der Waals surface area contributed by atoms with Crippen LogP contribution < -0.4 is 0 Å². The van der Waals surface area contributed by atoms with Crippen molar-refractivity contribution in [3.8, 4) is 55.6 Å². The largest absolute Gasteiger partial charge is 0.205 e. The Morgan fingerprint density at radius 3 is 1.22 bits per heavy atom. The van der Waals surface area contributed by atoms with E-state index in [9.17, 15) is 0 Å². The summed E-state index contributed by atoms with van der Waals surface area (Å²) in [7, 11) is 0. The van der Waals surface area contributed by atoms with Crippen LogP contribution in [0.1, 0.15) is 81.8 Å². The van der Waals surface area contributed by atoms with Crippen molar-refractivity contribution in [2.45, 2.75) is 64.7 Å². The second kappa shape index (κ2) is 11.9.